The third-order valence-corrected chi connectivity index (χ3v) is 8.02. The number of rotatable bonds is 5. The second-order valence-corrected chi connectivity index (χ2v) is 11.7. The number of aromatic nitrogens is 5. The van der Waals surface area contributed by atoms with Crippen LogP contribution in [0.5, 0.6) is 5.88 Å². The molecular weight excluding hydrogens is 506 g/mol. The lowest BCUT2D eigenvalue weighted by atomic mass is 9.96. The summed E-state index contributed by atoms with van der Waals surface area (Å²) in [5.41, 5.74) is 4.14. The summed E-state index contributed by atoms with van der Waals surface area (Å²) in [5, 5.41) is 17.7. The fourth-order valence-corrected chi connectivity index (χ4v) is 6.11. The van der Waals surface area contributed by atoms with Gasteiger partial charge in [0.25, 0.3) is 0 Å². The molecule has 2 saturated heterocycles. The van der Waals surface area contributed by atoms with E-state index in [1.807, 2.05) is 62.2 Å². The van der Waals surface area contributed by atoms with E-state index < -0.39 is 5.60 Å². The van der Waals surface area contributed by atoms with Gasteiger partial charge in [0.1, 0.15) is 5.60 Å². The zero-order chi connectivity index (χ0) is 28.0. The maximum absolute atomic E-state index is 12.8. The number of amides is 1. The minimum Gasteiger partial charge on any atom is -0.481 e. The Morgan fingerprint density at radius 3 is 2.48 bits per heavy atom. The van der Waals surface area contributed by atoms with Crippen LogP contribution in [0.3, 0.4) is 0 Å². The Morgan fingerprint density at radius 2 is 1.80 bits per heavy atom. The first-order valence-corrected chi connectivity index (χ1v) is 13.8. The molecule has 2 fully saturated rings. The Kier molecular flexibility index (Phi) is 6.56. The van der Waals surface area contributed by atoms with E-state index in [9.17, 15) is 4.79 Å². The van der Waals surface area contributed by atoms with Crippen molar-refractivity contribution in [3.63, 3.8) is 0 Å². The van der Waals surface area contributed by atoms with Crippen molar-refractivity contribution >= 4 is 22.8 Å². The van der Waals surface area contributed by atoms with Crippen molar-refractivity contribution in [1.29, 1.82) is 0 Å². The number of benzene rings is 1. The SMILES string of the molecule is COc1cc(-c2ccc(-c3ccc(N(C)C4CC5CCC(C4)N5C(=O)OC(C)(C)C)nn3)c3[nH]ncc23)ccn1. The molecule has 40 heavy (non-hydrogen) atoms. The molecule has 0 spiro atoms. The van der Waals surface area contributed by atoms with Gasteiger partial charge in [-0.15, -0.1) is 10.2 Å². The first-order valence-electron chi connectivity index (χ1n) is 13.8. The smallest absolute Gasteiger partial charge is 0.410 e. The van der Waals surface area contributed by atoms with Crippen molar-refractivity contribution in [2.45, 2.75) is 70.2 Å². The van der Waals surface area contributed by atoms with Crippen molar-refractivity contribution < 1.29 is 14.3 Å². The molecule has 0 saturated carbocycles. The van der Waals surface area contributed by atoms with E-state index in [4.69, 9.17) is 9.47 Å². The number of carbonyl (C=O) groups is 1. The molecule has 2 aliphatic rings. The summed E-state index contributed by atoms with van der Waals surface area (Å²) in [6, 6.07) is 12.7. The number of pyridine rings is 1. The van der Waals surface area contributed by atoms with Crippen LogP contribution < -0.4 is 9.64 Å². The lowest BCUT2D eigenvalue weighted by Crippen LogP contribution is -2.53. The Hall–Kier alpha value is -4.21. The van der Waals surface area contributed by atoms with Crippen LogP contribution in [-0.2, 0) is 4.74 Å². The number of nitrogens with one attached hydrogen (secondary N) is 1. The fraction of sp³-hybridized carbons (Fsp3) is 0.433. The molecule has 3 aromatic heterocycles. The molecule has 2 bridgehead atoms. The van der Waals surface area contributed by atoms with Crippen LogP contribution in [-0.4, -0.2) is 74.3 Å². The highest BCUT2D eigenvalue weighted by molar-refractivity contribution is 6.02. The van der Waals surface area contributed by atoms with Crippen molar-refractivity contribution in [1.82, 2.24) is 30.3 Å². The third kappa shape index (κ3) is 4.82. The summed E-state index contributed by atoms with van der Waals surface area (Å²) in [7, 11) is 3.68. The number of H-pyrrole nitrogens is 1. The molecule has 10 nitrogen and oxygen atoms in total. The van der Waals surface area contributed by atoms with E-state index in [0.29, 0.717) is 5.88 Å². The summed E-state index contributed by atoms with van der Waals surface area (Å²) < 4.78 is 11.0. The Balaban J connectivity index is 1.20. The molecule has 1 amide bonds. The first kappa shape index (κ1) is 26.0. The second kappa shape index (κ2) is 10.1. The zero-order valence-electron chi connectivity index (χ0n) is 23.6. The van der Waals surface area contributed by atoms with Gasteiger partial charge < -0.3 is 19.3 Å². The molecule has 5 heterocycles. The largest absolute Gasteiger partial charge is 0.481 e. The maximum atomic E-state index is 12.8. The van der Waals surface area contributed by atoms with Crippen molar-refractivity contribution in [3.05, 3.63) is 48.8 Å². The molecule has 0 radical (unpaired) electrons. The first-order chi connectivity index (χ1) is 19.2. The average molecular weight is 542 g/mol. The van der Waals surface area contributed by atoms with E-state index in [1.165, 1.54) is 0 Å². The van der Waals surface area contributed by atoms with Crippen molar-refractivity contribution in [2.24, 2.45) is 0 Å². The average Bonchev–Trinajstić information content (AvgIpc) is 3.54. The summed E-state index contributed by atoms with van der Waals surface area (Å²) in [5.74, 6) is 1.38. The molecule has 2 aliphatic heterocycles. The van der Waals surface area contributed by atoms with Gasteiger partial charge in [-0.05, 0) is 81.8 Å². The molecule has 2 atom stereocenters. The highest BCUT2D eigenvalue weighted by Gasteiger charge is 2.46. The lowest BCUT2D eigenvalue weighted by molar-refractivity contribution is 0.00597. The van der Waals surface area contributed by atoms with Gasteiger partial charge in [0, 0.05) is 48.4 Å². The molecule has 208 valence electrons. The fourth-order valence-electron chi connectivity index (χ4n) is 6.11. The third-order valence-electron chi connectivity index (χ3n) is 8.02. The van der Waals surface area contributed by atoms with Crippen LogP contribution in [0, 0.1) is 0 Å². The quantitative estimate of drug-likeness (QED) is 0.355. The van der Waals surface area contributed by atoms with Crippen molar-refractivity contribution in [2.75, 3.05) is 19.1 Å². The van der Waals surface area contributed by atoms with Gasteiger partial charge in [0.2, 0.25) is 5.88 Å². The molecule has 1 aromatic carbocycles. The maximum Gasteiger partial charge on any atom is 0.410 e. The predicted molar refractivity (Wildman–Crippen MR) is 153 cm³/mol. The minimum absolute atomic E-state index is 0.190. The number of hydrogen-bond acceptors (Lipinski definition) is 8. The number of carbonyl (C=O) groups excluding carboxylic acids is 1. The van der Waals surface area contributed by atoms with Crippen LogP contribution in [0.2, 0.25) is 0 Å². The standard InChI is InChI=1S/C30H35N7O3/c1-30(2,3)40-29(38)37-19-6-7-20(37)16-21(15-19)36(4)26-11-10-25(33-34-26)23-9-8-22(24-17-32-35-28(23)24)18-12-13-31-27(14-18)39-5/h8-14,17,19-21H,6-7,15-16H2,1-5H3,(H,32,35). The van der Waals surface area contributed by atoms with Gasteiger partial charge in [-0.3, -0.25) is 5.10 Å². The lowest BCUT2D eigenvalue weighted by Gasteiger charge is -2.42. The normalized spacial score (nSPS) is 20.5. The number of hydrogen-bond donors (Lipinski definition) is 1. The van der Waals surface area contributed by atoms with Crippen LogP contribution >= 0.6 is 0 Å². The number of anilines is 1. The van der Waals surface area contributed by atoms with E-state index in [0.717, 1.165) is 64.8 Å². The summed E-state index contributed by atoms with van der Waals surface area (Å²) in [6.07, 6.45) is 7.19. The van der Waals surface area contributed by atoms with Gasteiger partial charge in [-0.2, -0.15) is 5.10 Å². The van der Waals surface area contributed by atoms with Gasteiger partial charge >= 0.3 is 6.09 Å². The zero-order valence-corrected chi connectivity index (χ0v) is 23.6. The van der Waals surface area contributed by atoms with Gasteiger partial charge in [-0.25, -0.2) is 9.78 Å². The topological polar surface area (TPSA) is 109 Å². The number of fused-ring (bicyclic) bond motifs is 3. The van der Waals surface area contributed by atoms with Crippen LogP contribution in [0.25, 0.3) is 33.3 Å². The second-order valence-electron chi connectivity index (χ2n) is 11.7. The highest BCUT2D eigenvalue weighted by atomic mass is 16.6. The molecule has 10 heteroatoms. The number of ether oxygens (including phenoxy) is 2. The van der Waals surface area contributed by atoms with Crippen molar-refractivity contribution in [3.8, 4) is 28.3 Å². The molecule has 4 aromatic rings. The Morgan fingerprint density at radius 1 is 1.05 bits per heavy atom. The van der Waals surface area contributed by atoms with Gasteiger partial charge in [0.05, 0.1) is 24.5 Å². The minimum atomic E-state index is -0.490. The number of aromatic amines is 1. The monoisotopic (exact) mass is 541 g/mol. The van der Waals surface area contributed by atoms with E-state index in [-0.39, 0.29) is 24.2 Å². The van der Waals surface area contributed by atoms with E-state index in [2.05, 4.69) is 43.4 Å². The number of nitrogens with zero attached hydrogens (tertiary/aromatic N) is 6. The molecule has 1 N–H and O–H groups in total. The Labute approximate surface area is 233 Å². The number of piperidine rings is 1. The molecule has 2 unspecified atom stereocenters. The van der Waals surface area contributed by atoms with E-state index in [1.54, 1.807) is 13.3 Å². The van der Waals surface area contributed by atoms with Crippen LogP contribution in [0.1, 0.15) is 46.5 Å². The van der Waals surface area contributed by atoms with Gasteiger partial charge in [0.15, 0.2) is 5.82 Å². The van der Waals surface area contributed by atoms with E-state index >= 15 is 0 Å². The summed E-state index contributed by atoms with van der Waals surface area (Å²) in [6.45, 7) is 5.75. The van der Waals surface area contributed by atoms with Crippen LogP contribution in [0.15, 0.2) is 48.8 Å². The van der Waals surface area contributed by atoms with Crippen LogP contribution in [0.4, 0.5) is 10.6 Å². The molecule has 0 aliphatic carbocycles. The number of methoxy groups -OCH3 is 1. The Bertz CT molecular complexity index is 1510. The van der Waals surface area contributed by atoms with Gasteiger partial charge in [-0.1, -0.05) is 6.07 Å². The molecule has 6 rings (SSSR count). The summed E-state index contributed by atoms with van der Waals surface area (Å²) in [4.78, 5) is 21.3. The summed E-state index contributed by atoms with van der Waals surface area (Å²) >= 11 is 0. The predicted octanol–water partition coefficient (Wildman–Crippen LogP) is 5.46. The highest BCUT2D eigenvalue weighted by Crippen LogP contribution is 2.39. The molecular formula is C30H35N7O3.